The average Bonchev–Trinajstić information content (AvgIpc) is 3.17. The summed E-state index contributed by atoms with van der Waals surface area (Å²) in [6.45, 7) is 2.04. The molecule has 0 aliphatic heterocycles. The highest BCUT2D eigenvalue weighted by atomic mass is 19.1. The van der Waals surface area contributed by atoms with E-state index in [4.69, 9.17) is 8.94 Å². The molecule has 0 fully saturated rings. The van der Waals surface area contributed by atoms with Gasteiger partial charge in [0.15, 0.2) is 11.6 Å². The standard InChI is InChI=1S/C16H16FN3O2/c1-10(18-2)9-15-19-16(22-20-15)14-8-7-13(21-14)11-3-5-12(17)6-4-11/h3-8,10,18H,9H2,1-2H3. The molecule has 1 aromatic carbocycles. The lowest BCUT2D eigenvalue weighted by Crippen LogP contribution is -2.24. The summed E-state index contributed by atoms with van der Waals surface area (Å²) in [6.07, 6.45) is 0.672. The Morgan fingerprint density at radius 2 is 1.86 bits per heavy atom. The Bertz CT molecular complexity index is 749. The average molecular weight is 301 g/mol. The van der Waals surface area contributed by atoms with E-state index in [2.05, 4.69) is 15.5 Å². The van der Waals surface area contributed by atoms with Gasteiger partial charge in [-0.1, -0.05) is 5.16 Å². The summed E-state index contributed by atoms with van der Waals surface area (Å²) < 4.78 is 23.9. The van der Waals surface area contributed by atoms with Gasteiger partial charge in [0.25, 0.3) is 5.89 Å². The normalized spacial score (nSPS) is 12.5. The zero-order chi connectivity index (χ0) is 15.5. The number of likely N-dealkylation sites (N-methyl/N-ethyl adjacent to an activating group) is 1. The molecule has 0 bridgehead atoms. The molecular weight excluding hydrogens is 285 g/mol. The van der Waals surface area contributed by atoms with Crippen LogP contribution in [0.15, 0.2) is 45.3 Å². The first kappa shape index (κ1) is 14.5. The minimum atomic E-state index is -0.282. The summed E-state index contributed by atoms with van der Waals surface area (Å²) in [7, 11) is 1.88. The third-order valence-electron chi connectivity index (χ3n) is 3.40. The maximum absolute atomic E-state index is 12.9. The molecule has 0 amide bonds. The monoisotopic (exact) mass is 301 g/mol. The SMILES string of the molecule is CNC(C)Cc1noc(-c2ccc(-c3ccc(F)cc3)o2)n1. The van der Waals surface area contributed by atoms with Crippen molar-refractivity contribution in [3.63, 3.8) is 0 Å². The molecule has 0 saturated carbocycles. The molecule has 1 unspecified atom stereocenters. The van der Waals surface area contributed by atoms with E-state index < -0.39 is 0 Å². The Balaban J connectivity index is 1.80. The molecule has 22 heavy (non-hydrogen) atoms. The first-order valence-electron chi connectivity index (χ1n) is 7.01. The van der Waals surface area contributed by atoms with Gasteiger partial charge < -0.3 is 14.3 Å². The summed E-state index contributed by atoms with van der Waals surface area (Å²) in [4.78, 5) is 4.32. The summed E-state index contributed by atoms with van der Waals surface area (Å²) in [5, 5.41) is 7.06. The molecule has 6 heteroatoms. The zero-order valence-electron chi connectivity index (χ0n) is 12.3. The number of furan rings is 1. The topological polar surface area (TPSA) is 64.1 Å². The quantitative estimate of drug-likeness (QED) is 0.783. The molecule has 0 radical (unpaired) electrons. The van der Waals surface area contributed by atoms with Crippen molar-refractivity contribution in [1.82, 2.24) is 15.5 Å². The van der Waals surface area contributed by atoms with E-state index in [0.717, 1.165) is 5.56 Å². The maximum atomic E-state index is 12.9. The number of nitrogens with zero attached hydrogens (tertiary/aromatic N) is 2. The first-order chi connectivity index (χ1) is 10.7. The molecule has 1 atom stereocenters. The molecular formula is C16H16FN3O2. The van der Waals surface area contributed by atoms with Crippen molar-refractivity contribution in [3.05, 3.63) is 48.0 Å². The zero-order valence-corrected chi connectivity index (χ0v) is 12.3. The molecule has 3 rings (SSSR count). The van der Waals surface area contributed by atoms with Crippen molar-refractivity contribution in [3.8, 4) is 23.0 Å². The fourth-order valence-electron chi connectivity index (χ4n) is 2.04. The minimum Gasteiger partial charge on any atom is -0.451 e. The predicted molar refractivity (Wildman–Crippen MR) is 79.6 cm³/mol. The van der Waals surface area contributed by atoms with Gasteiger partial charge in [-0.25, -0.2) is 4.39 Å². The Hall–Kier alpha value is -2.47. The Morgan fingerprint density at radius 1 is 1.14 bits per heavy atom. The fraction of sp³-hybridized carbons (Fsp3) is 0.250. The summed E-state index contributed by atoms with van der Waals surface area (Å²) in [5.74, 6) is 1.80. The van der Waals surface area contributed by atoms with Crippen LogP contribution >= 0.6 is 0 Å². The van der Waals surface area contributed by atoms with Crippen LogP contribution in [0.3, 0.4) is 0 Å². The van der Waals surface area contributed by atoms with Gasteiger partial charge in [0.2, 0.25) is 0 Å². The van der Waals surface area contributed by atoms with Crippen LogP contribution in [-0.4, -0.2) is 23.2 Å². The molecule has 0 saturated heterocycles. The van der Waals surface area contributed by atoms with Crippen LogP contribution in [0.4, 0.5) is 4.39 Å². The number of aromatic nitrogens is 2. The lowest BCUT2D eigenvalue weighted by Gasteiger charge is -2.04. The summed E-state index contributed by atoms with van der Waals surface area (Å²) in [6, 6.07) is 9.91. The van der Waals surface area contributed by atoms with Gasteiger partial charge in [-0.05, 0) is 50.4 Å². The van der Waals surface area contributed by atoms with Crippen LogP contribution in [0.2, 0.25) is 0 Å². The van der Waals surface area contributed by atoms with Gasteiger partial charge in [-0.3, -0.25) is 0 Å². The number of halogens is 1. The van der Waals surface area contributed by atoms with Crippen LogP contribution in [0, 0.1) is 5.82 Å². The second-order valence-corrected chi connectivity index (χ2v) is 5.08. The van der Waals surface area contributed by atoms with Crippen LogP contribution < -0.4 is 5.32 Å². The van der Waals surface area contributed by atoms with Crippen LogP contribution in [0.1, 0.15) is 12.7 Å². The van der Waals surface area contributed by atoms with Crippen molar-refractivity contribution >= 4 is 0 Å². The van der Waals surface area contributed by atoms with Gasteiger partial charge in [-0.2, -0.15) is 4.98 Å². The van der Waals surface area contributed by atoms with Crippen molar-refractivity contribution in [1.29, 1.82) is 0 Å². The van der Waals surface area contributed by atoms with Gasteiger partial charge in [0, 0.05) is 18.0 Å². The lowest BCUT2D eigenvalue weighted by atomic mass is 10.2. The Labute approximate surface area is 127 Å². The first-order valence-corrected chi connectivity index (χ1v) is 7.01. The van der Waals surface area contributed by atoms with Crippen LogP contribution in [-0.2, 0) is 6.42 Å². The highest BCUT2D eigenvalue weighted by Crippen LogP contribution is 2.27. The second kappa shape index (κ2) is 6.11. The van der Waals surface area contributed by atoms with E-state index in [0.29, 0.717) is 29.7 Å². The van der Waals surface area contributed by atoms with E-state index in [1.807, 2.05) is 14.0 Å². The second-order valence-electron chi connectivity index (χ2n) is 5.08. The number of benzene rings is 1. The number of hydrogen-bond donors (Lipinski definition) is 1. The highest BCUT2D eigenvalue weighted by molar-refractivity contribution is 5.60. The van der Waals surface area contributed by atoms with Crippen molar-refractivity contribution in [2.75, 3.05) is 7.05 Å². The number of nitrogens with one attached hydrogen (secondary N) is 1. The van der Waals surface area contributed by atoms with E-state index in [-0.39, 0.29) is 11.9 Å². The van der Waals surface area contributed by atoms with E-state index in [1.54, 1.807) is 24.3 Å². The maximum Gasteiger partial charge on any atom is 0.293 e. The van der Waals surface area contributed by atoms with E-state index in [1.165, 1.54) is 12.1 Å². The molecule has 2 heterocycles. The van der Waals surface area contributed by atoms with Gasteiger partial charge in [0.05, 0.1) is 0 Å². The van der Waals surface area contributed by atoms with Crippen molar-refractivity contribution in [2.45, 2.75) is 19.4 Å². The van der Waals surface area contributed by atoms with Gasteiger partial charge >= 0.3 is 0 Å². The largest absolute Gasteiger partial charge is 0.451 e. The summed E-state index contributed by atoms with van der Waals surface area (Å²) >= 11 is 0. The molecule has 114 valence electrons. The molecule has 2 aromatic heterocycles. The van der Waals surface area contributed by atoms with Crippen molar-refractivity contribution < 1.29 is 13.3 Å². The lowest BCUT2D eigenvalue weighted by molar-refractivity contribution is 0.406. The Kier molecular flexibility index (Phi) is 4.02. The fourth-order valence-corrected chi connectivity index (χ4v) is 2.04. The van der Waals surface area contributed by atoms with Crippen LogP contribution in [0.5, 0.6) is 0 Å². The molecule has 0 spiro atoms. The Morgan fingerprint density at radius 3 is 2.59 bits per heavy atom. The third-order valence-corrected chi connectivity index (χ3v) is 3.40. The van der Waals surface area contributed by atoms with E-state index in [9.17, 15) is 4.39 Å². The summed E-state index contributed by atoms with van der Waals surface area (Å²) in [5.41, 5.74) is 0.788. The van der Waals surface area contributed by atoms with Crippen molar-refractivity contribution in [2.24, 2.45) is 0 Å². The highest BCUT2D eigenvalue weighted by Gasteiger charge is 2.15. The minimum absolute atomic E-state index is 0.261. The molecule has 0 aliphatic carbocycles. The molecule has 5 nitrogen and oxygen atoms in total. The van der Waals surface area contributed by atoms with Gasteiger partial charge in [0.1, 0.15) is 11.6 Å². The third kappa shape index (κ3) is 3.07. The molecule has 1 N–H and O–H groups in total. The number of rotatable bonds is 5. The van der Waals surface area contributed by atoms with E-state index >= 15 is 0 Å². The predicted octanol–water partition coefficient (Wildman–Crippen LogP) is 3.29. The number of hydrogen-bond acceptors (Lipinski definition) is 5. The van der Waals surface area contributed by atoms with Gasteiger partial charge in [-0.15, -0.1) is 0 Å². The molecule has 0 aliphatic rings. The smallest absolute Gasteiger partial charge is 0.293 e. The van der Waals surface area contributed by atoms with Crippen LogP contribution in [0.25, 0.3) is 23.0 Å². The molecule has 3 aromatic rings.